The highest BCUT2D eigenvalue weighted by atomic mass is 16.4. The Hall–Kier alpha value is -1.88. The molecule has 0 spiro atoms. The number of hydrogen-bond donors (Lipinski definition) is 3. The van der Waals surface area contributed by atoms with E-state index in [1.807, 2.05) is 0 Å². The number of rotatable bonds is 3. The van der Waals surface area contributed by atoms with Crippen molar-refractivity contribution in [1.82, 2.24) is 5.32 Å². The molecule has 5 nitrogen and oxygen atoms in total. The van der Waals surface area contributed by atoms with Crippen LogP contribution in [0.1, 0.15) is 15.9 Å². The van der Waals surface area contributed by atoms with Crippen molar-refractivity contribution >= 4 is 17.6 Å². The van der Waals surface area contributed by atoms with Gasteiger partial charge >= 0.3 is 5.97 Å². The number of aryl methyl sites for hydroxylation is 1. The molecule has 1 fully saturated rings. The lowest BCUT2D eigenvalue weighted by Gasteiger charge is -2.26. The van der Waals surface area contributed by atoms with Gasteiger partial charge in [-0.05, 0) is 30.7 Å². The number of carbonyl (C=O) groups is 2. The molecule has 0 unspecified atom stereocenters. The Balaban J connectivity index is 2.10. The van der Waals surface area contributed by atoms with Crippen molar-refractivity contribution in [3.8, 4) is 0 Å². The molecule has 0 saturated carbocycles. The summed E-state index contributed by atoms with van der Waals surface area (Å²) in [5.41, 5.74) is 1.66. The van der Waals surface area contributed by atoms with E-state index in [1.165, 1.54) is 6.07 Å². The van der Waals surface area contributed by atoms with Gasteiger partial charge in [0.1, 0.15) is 0 Å². The first-order chi connectivity index (χ1) is 8.08. The number of anilines is 1. The molecule has 1 aliphatic rings. The molecule has 17 heavy (non-hydrogen) atoms. The highest BCUT2D eigenvalue weighted by molar-refractivity contribution is 5.95. The van der Waals surface area contributed by atoms with Crippen molar-refractivity contribution in [2.75, 3.05) is 18.4 Å². The number of benzene rings is 1. The summed E-state index contributed by atoms with van der Waals surface area (Å²) in [6.45, 7) is 3.19. The minimum atomic E-state index is -0.964. The van der Waals surface area contributed by atoms with Gasteiger partial charge in [0, 0.05) is 18.8 Å². The fraction of sp³-hybridized carbons (Fsp3) is 0.333. The molecular formula is C12H14N2O3. The van der Waals surface area contributed by atoms with E-state index in [-0.39, 0.29) is 17.4 Å². The van der Waals surface area contributed by atoms with Crippen molar-refractivity contribution in [3.63, 3.8) is 0 Å². The van der Waals surface area contributed by atoms with Gasteiger partial charge in [-0.2, -0.15) is 0 Å². The zero-order chi connectivity index (χ0) is 12.4. The zero-order valence-electron chi connectivity index (χ0n) is 9.49. The summed E-state index contributed by atoms with van der Waals surface area (Å²) in [6, 6.07) is 4.67. The van der Waals surface area contributed by atoms with Crippen molar-refractivity contribution < 1.29 is 14.7 Å². The normalized spacial score (nSPS) is 15.1. The van der Waals surface area contributed by atoms with Crippen LogP contribution in [-0.2, 0) is 4.79 Å². The number of carboxylic acid groups (broad SMARTS) is 1. The van der Waals surface area contributed by atoms with Crippen LogP contribution in [0.15, 0.2) is 18.2 Å². The fourth-order valence-corrected chi connectivity index (χ4v) is 1.65. The molecule has 1 aromatic rings. The molecule has 90 valence electrons. The van der Waals surface area contributed by atoms with Gasteiger partial charge in [0.15, 0.2) is 0 Å². The third-order valence-corrected chi connectivity index (χ3v) is 2.88. The maximum absolute atomic E-state index is 11.7. The third kappa shape index (κ3) is 2.45. The van der Waals surface area contributed by atoms with E-state index in [4.69, 9.17) is 5.11 Å². The van der Waals surface area contributed by atoms with Gasteiger partial charge in [-0.15, -0.1) is 0 Å². The second-order valence-corrected chi connectivity index (χ2v) is 4.18. The van der Waals surface area contributed by atoms with Gasteiger partial charge < -0.3 is 15.7 Å². The summed E-state index contributed by atoms with van der Waals surface area (Å²) < 4.78 is 0. The Morgan fingerprint density at radius 1 is 1.41 bits per heavy atom. The molecule has 1 aliphatic heterocycles. The first kappa shape index (κ1) is 11.6. The van der Waals surface area contributed by atoms with Crippen LogP contribution in [0.2, 0.25) is 0 Å². The SMILES string of the molecule is Cc1cc(C(=O)O)ccc1NC(=O)C1CNC1. The van der Waals surface area contributed by atoms with Gasteiger partial charge in [-0.25, -0.2) is 4.79 Å². The van der Waals surface area contributed by atoms with Crippen molar-refractivity contribution in [2.45, 2.75) is 6.92 Å². The average Bonchev–Trinajstić information content (AvgIpc) is 2.18. The van der Waals surface area contributed by atoms with Crippen LogP contribution in [0.4, 0.5) is 5.69 Å². The van der Waals surface area contributed by atoms with Crippen LogP contribution in [0, 0.1) is 12.8 Å². The lowest BCUT2D eigenvalue weighted by atomic mass is 10.0. The Morgan fingerprint density at radius 2 is 2.12 bits per heavy atom. The largest absolute Gasteiger partial charge is 0.478 e. The molecule has 1 aromatic carbocycles. The maximum atomic E-state index is 11.7. The van der Waals surface area contributed by atoms with E-state index in [9.17, 15) is 9.59 Å². The number of nitrogens with one attached hydrogen (secondary N) is 2. The van der Waals surface area contributed by atoms with Gasteiger partial charge in [-0.3, -0.25) is 4.79 Å². The van der Waals surface area contributed by atoms with E-state index in [2.05, 4.69) is 10.6 Å². The summed E-state index contributed by atoms with van der Waals surface area (Å²) in [4.78, 5) is 22.5. The summed E-state index contributed by atoms with van der Waals surface area (Å²) in [5.74, 6) is -0.961. The molecular weight excluding hydrogens is 220 g/mol. The van der Waals surface area contributed by atoms with Crippen molar-refractivity contribution in [2.24, 2.45) is 5.92 Å². The second-order valence-electron chi connectivity index (χ2n) is 4.18. The third-order valence-electron chi connectivity index (χ3n) is 2.88. The molecule has 5 heteroatoms. The Bertz CT molecular complexity index is 467. The number of hydrogen-bond acceptors (Lipinski definition) is 3. The van der Waals surface area contributed by atoms with Crippen LogP contribution < -0.4 is 10.6 Å². The quantitative estimate of drug-likeness (QED) is 0.724. The van der Waals surface area contributed by atoms with Crippen LogP contribution in [-0.4, -0.2) is 30.1 Å². The van der Waals surface area contributed by atoms with E-state index in [1.54, 1.807) is 19.1 Å². The van der Waals surface area contributed by atoms with Crippen LogP contribution >= 0.6 is 0 Å². The standard InChI is InChI=1S/C12H14N2O3/c1-7-4-8(12(16)17)2-3-10(7)14-11(15)9-5-13-6-9/h2-4,9,13H,5-6H2,1H3,(H,14,15)(H,16,17). The summed E-state index contributed by atoms with van der Waals surface area (Å²) in [6.07, 6.45) is 0. The molecule has 0 aliphatic carbocycles. The molecule has 0 aromatic heterocycles. The molecule has 0 atom stereocenters. The minimum Gasteiger partial charge on any atom is -0.478 e. The number of aromatic carboxylic acids is 1. The van der Waals surface area contributed by atoms with Crippen LogP contribution in [0.25, 0.3) is 0 Å². The van der Waals surface area contributed by atoms with E-state index >= 15 is 0 Å². The highest BCUT2D eigenvalue weighted by Crippen LogP contribution is 2.18. The first-order valence-electron chi connectivity index (χ1n) is 5.43. The van der Waals surface area contributed by atoms with Crippen LogP contribution in [0.5, 0.6) is 0 Å². The average molecular weight is 234 g/mol. The second kappa shape index (κ2) is 4.55. The van der Waals surface area contributed by atoms with E-state index in [0.29, 0.717) is 18.8 Å². The number of carboxylic acids is 1. The molecule has 0 bridgehead atoms. The summed E-state index contributed by atoms with van der Waals surface area (Å²) >= 11 is 0. The fourth-order valence-electron chi connectivity index (χ4n) is 1.65. The lowest BCUT2D eigenvalue weighted by Crippen LogP contribution is -2.48. The predicted octanol–water partition coefficient (Wildman–Crippen LogP) is 0.851. The first-order valence-corrected chi connectivity index (χ1v) is 5.43. The summed E-state index contributed by atoms with van der Waals surface area (Å²) in [7, 11) is 0. The highest BCUT2D eigenvalue weighted by Gasteiger charge is 2.25. The van der Waals surface area contributed by atoms with E-state index < -0.39 is 5.97 Å². The molecule has 2 rings (SSSR count). The van der Waals surface area contributed by atoms with Crippen molar-refractivity contribution in [3.05, 3.63) is 29.3 Å². The van der Waals surface area contributed by atoms with Gasteiger partial charge in [0.25, 0.3) is 0 Å². The maximum Gasteiger partial charge on any atom is 0.335 e. The molecule has 3 N–H and O–H groups in total. The van der Waals surface area contributed by atoms with Gasteiger partial charge in [0.05, 0.1) is 11.5 Å². The smallest absolute Gasteiger partial charge is 0.335 e. The van der Waals surface area contributed by atoms with E-state index in [0.717, 1.165) is 5.56 Å². The Morgan fingerprint density at radius 3 is 2.59 bits per heavy atom. The Kier molecular flexibility index (Phi) is 3.10. The summed E-state index contributed by atoms with van der Waals surface area (Å²) in [5, 5.41) is 14.7. The minimum absolute atomic E-state index is 0.0186. The molecule has 0 radical (unpaired) electrons. The Labute approximate surface area is 98.8 Å². The molecule has 1 saturated heterocycles. The van der Waals surface area contributed by atoms with Crippen LogP contribution in [0.3, 0.4) is 0 Å². The number of carbonyl (C=O) groups excluding carboxylic acids is 1. The molecule has 1 heterocycles. The topological polar surface area (TPSA) is 78.4 Å². The lowest BCUT2D eigenvalue weighted by molar-refractivity contribution is -0.121. The monoisotopic (exact) mass is 234 g/mol. The molecule has 1 amide bonds. The van der Waals surface area contributed by atoms with Gasteiger partial charge in [0.2, 0.25) is 5.91 Å². The van der Waals surface area contributed by atoms with Gasteiger partial charge in [-0.1, -0.05) is 0 Å². The van der Waals surface area contributed by atoms with Crippen molar-refractivity contribution in [1.29, 1.82) is 0 Å². The number of amides is 1. The predicted molar refractivity (Wildman–Crippen MR) is 63.1 cm³/mol. The zero-order valence-corrected chi connectivity index (χ0v) is 9.49.